The van der Waals surface area contributed by atoms with Crippen LogP contribution in [0.3, 0.4) is 0 Å². The predicted octanol–water partition coefficient (Wildman–Crippen LogP) is 0.779. The molecule has 0 amide bonds. The van der Waals surface area contributed by atoms with E-state index in [4.69, 9.17) is 5.73 Å². The van der Waals surface area contributed by atoms with E-state index in [1.165, 1.54) is 4.91 Å². The average molecular weight is 154 g/mol. The van der Waals surface area contributed by atoms with Crippen LogP contribution in [-0.2, 0) is 0 Å². The number of hydrogen-bond acceptors (Lipinski definition) is 3. The van der Waals surface area contributed by atoms with Gasteiger partial charge in [0.05, 0.1) is 0 Å². The third-order valence-corrected chi connectivity index (χ3v) is 2.86. The van der Waals surface area contributed by atoms with Crippen LogP contribution >= 0.6 is 11.8 Å². The van der Waals surface area contributed by atoms with Gasteiger partial charge in [0.2, 0.25) is 0 Å². The van der Waals surface area contributed by atoms with Gasteiger partial charge in [-0.05, 0) is 12.5 Å². The first kappa shape index (κ1) is 6.31. The van der Waals surface area contributed by atoms with E-state index in [9.17, 15) is 0 Å². The Hall–Kier alpha value is -0.410. The van der Waals surface area contributed by atoms with E-state index in [-0.39, 0.29) is 0 Å². The normalized spacial score (nSPS) is 31.0. The van der Waals surface area contributed by atoms with Crippen LogP contribution in [0.5, 0.6) is 0 Å². The molecule has 0 saturated carbocycles. The fourth-order valence-corrected chi connectivity index (χ4v) is 2.30. The summed E-state index contributed by atoms with van der Waals surface area (Å²) in [6.45, 7) is 0. The maximum Gasteiger partial charge on any atom is 0.0468 e. The lowest BCUT2D eigenvalue weighted by molar-refractivity contribution is 0.668. The quantitative estimate of drug-likeness (QED) is 0.541. The van der Waals surface area contributed by atoms with Gasteiger partial charge in [0.15, 0.2) is 0 Å². The number of fused-ring (bicyclic) bond motifs is 1. The summed E-state index contributed by atoms with van der Waals surface area (Å²) in [6, 6.07) is 0.567. The molecule has 1 saturated heterocycles. The van der Waals surface area contributed by atoms with E-state index in [2.05, 4.69) is 17.5 Å². The molecule has 10 heavy (non-hydrogen) atoms. The maximum atomic E-state index is 5.63. The summed E-state index contributed by atoms with van der Waals surface area (Å²) in [5.74, 6) is 1.04. The minimum atomic E-state index is 0.567. The van der Waals surface area contributed by atoms with Gasteiger partial charge in [0.1, 0.15) is 0 Å². The molecule has 0 aromatic heterocycles. The molecular weight excluding hydrogens is 144 g/mol. The topological polar surface area (TPSA) is 38.0 Å². The first-order chi connectivity index (χ1) is 4.86. The molecule has 1 unspecified atom stereocenters. The van der Waals surface area contributed by atoms with E-state index in [0.717, 1.165) is 18.0 Å². The van der Waals surface area contributed by atoms with Crippen LogP contribution in [-0.4, -0.2) is 11.9 Å². The van der Waals surface area contributed by atoms with Gasteiger partial charge in [-0.2, -0.15) is 0 Å². The fraction of sp³-hybridized carbons (Fsp3) is 0.429. The van der Waals surface area contributed by atoms with Crippen molar-refractivity contribution >= 4 is 11.8 Å². The Kier molecular flexibility index (Phi) is 1.47. The highest BCUT2D eigenvalue weighted by molar-refractivity contribution is 8.03. The molecule has 2 rings (SSSR count). The largest absolute Gasteiger partial charge is 0.399 e. The molecular formula is C7H10N2S. The van der Waals surface area contributed by atoms with Gasteiger partial charge in [-0.25, -0.2) is 0 Å². The van der Waals surface area contributed by atoms with Crippen molar-refractivity contribution in [2.24, 2.45) is 5.73 Å². The minimum Gasteiger partial charge on any atom is -0.399 e. The molecule has 1 fully saturated rings. The highest BCUT2D eigenvalue weighted by atomic mass is 32.2. The van der Waals surface area contributed by atoms with Crippen LogP contribution in [0.1, 0.15) is 6.42 Å². The maximum absolute atomic E-state index is 5.63. The summed E-state index contributed by atoms with van der Waals surface area (Å²) in [7, 11) is 0. The molecule has 0 bridgehead atoms. The number of thioether (sulfide) groups is 1. The van der Waals surface area contributed by atoms with Gasteiger partial charge >= 0.3 is 0 Å². The van der Waals surface area contributed by atoms with Crippen molar-refractivity contribution in [3.63, 3.8) is 0 Å². The third kappa shape index (κ3) is 0.954. The zero-order valence-corrected chi connectivity index (χ0v) is 6.45. The van der Waals surface area contributed by atoms with Crippen LogP contribution in [0.2, 0.25) is 0 Å². The Labute approximate surface area is 64.6 Å². The summed E-state index contributed by atoms with van der Waals surface area (Å²) in [5, 5.41) is 3.37. The average Bonchev–Trinajstić information content (AvgIpc) is 2.33. The molecule has 1 atom stereocenters. The molecule has 1 aliphatic carbocycles. The van der Waals surface area contributed by atoms with E-state index in [0.29, 0.717) is 6.04 Å². The van der Waals surface area contributed by atoms with Crippen molar-refractivity contribution in [2.45, 2.75) is 12.5 Å². The lowest BCUT2D eigenvalue weighted by Gasteiger charge is -2.13. The zero-order valence-electron chi connectivity index (χ0n) is 5.63. The van der Waals surface area contributed by atoms with Crippen LogP contribution in [0.15, 0.2) is 22.8 Å². The molecule has 3 N–H and O–H groups in total. The highest BCUT2D eigenvalue weighted by Crippen LogP contribution is 2.30. The van der Waals surface area contributed by atoms with E-state index in [1.807, 2.05) is 11.8 Å². The van der Waals surface area contributed by atoms with E-state index in [1.54, 1.807) is 0 Å². The van der Waals surface area contributed by atoms with Crippen LogP contribution < -0.4 is 11.1 Å². The SMILES string of the molecule is NC1=CCC2NCSC2=C1. The molecule has 2 aliphatic rings. The molecule has 1 aliphatic heterocycles. The van der Waals surface area contributed by atoms with Gasteiger partial charge in [-0.3, -0.25) is 5.32 Å². The number of allylic oxidation sites excluding steroid dienone is 1. The molecule has 1 heterocycles. The Balaban J connectivity index is 2.24. The van der Waals surface area contributed by atoms with E-state index >= 15 is 0 Å². The fourth-order valence-electron chi connectivity index (χ4n) is 1.25. The monoisotopic (exact) mass is 154 g/mol. The summed E-state index contributed by atoms with van der Waals surface area (Å²) < 4.78 is 0. The summed E-state index contributed by atoms with van der Waals surface area (Å²) in [6.07, 6.45) is 5.20. The van der Waals surface area contributed by atoms with Gasteiger partial charge in [-0.1, -0.05) is 6.08 Å². The first-order valence-electron chi connectivity index (χ1n) is 3.39. The molecule has 3 heteroatoms. The number of nitrogens with two attached hydrogens (primary N) is 1. The Morgan fingerprint density at radius 3 is 3.50 bits per heavy atom. The van der Waals surface area contributed by atoms with Crippen LogP contribution in [0.25, 0.3) is 0 Å². The lowest BCUT2D eigenvalue weighted by atomic mass is 10.1. The Morgan fingerprint density at radius 2 is 2.60 bits per heavy atom. The summed E-state index contributed by atoms with van der Waals surface area (Å²) in [4.78, 5) is 1.40. The van der Waals surface area contributed by atoms with Crippen molar-refractivity contribution < 1.29 is 0 Å². The van der Waals surface area contributed by atoms with Crippen molar-refractivity contribution in [1.82, 2.24) is 5.32 Å². The van der Waals surface area contributed by atoms with Gasteiger partial charge < -0.3 is 5.73 Å². The highest BCUT2D eigenvalue weighted by Gasteiger charge is 2.21. The third-order valence-electron chi connectivity index (χ3n) is 1.81. The molecule has 54 valence electrons. The van der Waals surface area contributed by atoms with Crippen molar-refractivity contribution in [2.75, 3.05) is 5.88 Å². The number of rotatable bonds is 0. The van der Waals surface area contributed by atoms with E-state index < -0.39 is 0 Å². The lowest BCUT2D eigenvalue weighted by Crippen LogP contribution is -2.23. The molecule has 0 spiro atoms. The first-order valence-corrected chi connectivity index (χ1v) is 4.38. The smallest absolute Gasteiger partial charge is 0.0468 e. The van der Waals surface area contributed by atoms with Crippen molar-refractivity contribution in [3.8, 4) is 0 Å². The summed E-state index contributed by atoms with van der Waals surface area (Å²) in [5.41, 5.74) is 6.55. The van der Waals surface area contributed by atoms with Gasteiger partial charge in [0, 0.05) is 22.5 Å². The molecule has 0 aromatic rings. The second kappa shape index (κ2) is 2.32. The van der Waals surface area contributed by atoms with Gasteiger partial charge in [-0.15, -0.1) is 11.8 Å². The number of hydrogen-bond donors (Lipinski definition) is 2. The Bertz CT molecular complexity index is 208. The molecule has 2 nitrogen and oxygen atoms in total. The van der Waals surface area contributed by atoms with Crippen LogP contribution in [0, 0.1) is 0 Å². The predicted molar refractivity (Wildman–Crippen MR) is 44.4 cm³/mol. The number of nitrogens with one attached hydrogen (secondary N) is 1. The van der Waals surface area contributed by atoms with Gasteiger partial charge in [0.25, 0.3) is 0 Å². The van der Waals surface area contributed by atoms with Crippen molar-refractivity contribution in [1.29, 1.82) is 0 Å². The second-order valence-electron chi connectivity index (χ2n) is 2.53. The van der Waals surface area contributed by atoms with Crippen LogP contribution in [0.4, 0.5) is 0 Å². The second-order valence-corrected chi connectivity index (χ2v) is 3.58. The minimum absolute atomic E-state index is 0.567. The standard InChI is InChI=1S/C7H10N2S/c8-5-1-2-6-7(3-5)10-4-9-6/h1,3,6,9H,2,4,8H2. The molecule has 0 radical (unpaired) electrons. The summed E-state index contributed by atoms with van der Waals surface area (Å²) >= 11 is 1.86. The zero-order chi connectivity index (χ0) is 6.97. The molecule has 0 aromatic carbocycles. The van der Waals surface area contributed by atoms with Crippen molar-refractivity contribution in [3.05, 3.63) is 22.8 Å². The Morgan fingerprint density at radius 1 is 1.70 bits per heavy atom.